The summed E-state index contributed by atoms with van der Waals surface area (Å²) in [6.45, 7) is 4.40. The zero-order valence-electron chi connectivity index (χ0n) is 29.0. The van der Waals surface area contributed by atoms with Crippen LogP contribution in [0.15, 0.2) is 132 Å². The fourth-order valence-corrected chi connectivity index (χ4v) is 6.55. The molecule has 0 unspecified atom stereocenters. The second-order valence-electron chi connectivity index (χ2n) is 11.7. The molecule has 0 radical (unpaired) electrons. The van der Waals surface area contributed by atoms with E-state index >= 15 is 0 Å². The molecule has 0 aliphatic heterocycles. The number of rotatable bonds is 3. The molecule has 0 N–H and O–H groups in total. The van der Waals surface area contributed by atoms with Crippen molar-refractivity contribution in [2.24, 2.45) is 0 Å². The number of fused-ring (bicyclic) bond motifs is 7. The fourth-order valence-electron chi connectivity index (χ4n) is 6.55. The second kappa shape index (κ2) is 9.19. The number of benzene rings is 6. The molecule has 4 heteroatoms. The standard InChI is InChI=1S/C40H27N3O/c1-40(2)33-15-9-8-14-29(33)30-18-16-28(22-34(30)40)39-42-37(24-10-4-3-5-11-24)41-38(43-39)27-17-19-35-31(21-27)32-20-25-12-6-7-13-26(25)23-36(32)44-35/h3-23H,1-2H3/i3D,4D,5D,10D,11D. The molecule has 6 aromatic carbocycles. The van der Waals surface area contributed by atoms with Crippen LogP contribution in [-0.2, 0) is 5.41 Å². The van der Waals surface area contributed by atoms with Crippen LogP contribution in [-0.4, -0.2) is 15.0 Å². The second-order valence-corrected chi connectivity index (χ2v) is 11.7. The van der Waals surface area contributed by atoms with Gasteiger partial charge in [-0.15, -0.1) is 0 Å². The Labute approximate surface area is 261 Å². The van der Waals surface area contributed by atoms with E-state index in [2.05, 4.69) is 62.4 Å². The molecular formula is C40H27N3O. The Hall–Kier alpha value is -5.61. The molecule has 4 nitrogen and oxygen atoms in total. The van der Waals surface area contributed by atoms with Crippen molar-refractivity contribution in [2.45, 2.75) is 19.3 Å². The van der Waals surface area contributed by atoms with Crippen molar-refractivity contribution in [3.8, 4) is 45.3 Å². The van der Waals surface area contributed by atoms with Gasteiger partial charge in [0.2, 0.25) is 0 Å². The lowest BCUT2D eigenvalue weighted by atomic mass is 9.82. The van der Waals surface area contributed by atoms with Crippen LogP contribution in [0.4, 0.5) is 0 Å². The first-order chi connectivity index (χ1) is 23.6. The van der Waals surface area contributed by atoms with Crippen molar-refractivity contribution in [2.75, 3.05) is 0 Å². The zero-order valence-corrected chi connectivity index (χ0v) is 24.0. The Morgan fingerprint density at radius 3 is 1.95 bits per heavy atom. The van der Waals surface area contributed by atoms with E-state index in [0.717, 1.165) is 49.4 Å². The van der Waals surface area contributed by atoms with E-state index in [0.29, 0.717) is 17.2 Å². The monoisotopic (exact) mass is 570 g/mol. The van der Waals surface area contributed by atoms with Crippen molar-refractivity contribution < 1.29 is 11.3 Å². The molecule has 0 atom stereocenters. The molecule has 8 aromatic rings. The van der Waals surface area contributed by atoms with Crippen LogP contribution in [0.25, 0.3) is 78.0 Å². The summed E-state index contributed by atoms with van der Waals surface area (Å²) in [5, 5.41) is 4.02. The molecular weight excluding hydrogens is 538 g/mol. The summed E-state index contributed by atoms with van der Waals surface area (Å²) in [5.41, 5.74) is 7.28. The van der Waals surface area contributed by atoms with Crippen LogP contribution in [0.3, 0.4) is 0 Å². The Bertz CT molecular complexity index is 2690. The Morgan fingerprint density at radius 2 is 1.16 bits per heavy atom. The molecule has 0 bridgehead atoms. The lowest BCUT2D eigenvalue weighted by molar-refractivity contribution is 0.660. The van der Waals surface area contributed by atoms with Gasteiger partial charge >= 0.3 is 0 Å². The number of hydrogen-bond acceptors (Lipinski definition) is 4. The average molecular weight is 571 g/mol. The number of furan rings is 1. The van der Waals surface area contributed by atoms with E-state index in [9.17, 15) is 0 Å². The Balaban J connectivity index is 1.28. The highest BCUT2D eigenvalue weighted by atomic mass is 16.3. The third-order valence-corrected chi connectivity index (χ3v) is 8.80. The van der Waals surface area contributed by atoms with Crippen LogP contribution in [0.5, 0.6) is 0 Å². The topological polar surface area (TPSA) is 51.8 Å². The quantitative estimate of drug-likeness (QED) is 0.212. The van der Waals surface area contributed by atoms with E-state index in [1.54, 1.807) is 0 Å². The van der Waals surface area contributed by atoms with E-state index in [1.807, 2.05) is 48.5 Å². The third-order valence-electron chi connectivity index (χ3n) is 8.80. The highest BCUT2D eigenvalue weighted by Crippen LogP contribution is 2.49. The smallest absolute Gasteiger partial charge is 0.164 e. The van der Waals surface area contributed by atoms with Crippen LogP contribution >= 0.6 is 0 Å². The van der Waals surface area contributed by atoms with Gasteiger partial charge in [0.15, 0.2) is 17.5 Å². The maximum atomic E-state index is 8.71. The summed E-state index contributed by atoms with van der Waals surface area (Å²) in [4.78, 5) is 14.5. The first-order valence-corrected chi connectivity index (χ1v) is 14.5. The van der Waals surface area contributed by atoms with Gasteiger partial charge in [-0.05, 0) is 69.4 Å². The zero-order chi connectivity index (χ0) is 33.8. The van der Waals surface area contributed by atoms with Crippen LogP contribution in [0, 0.1) is 0 Å². The first-order valence-electron chi connectivity index (χ1n) is 17.0. The van der Waals surface area contributed by atoms with Crippen LogP contribution < -0.4 is 0 Å². The summed E-state index contributed by atoms with van der Waals surface area (Å²) < 4.78 is 48.4. The Kier molecular flexibility index (Phi) is 4.25. The van der Waals surface area contributed by atoms with E-state index in [4.69, 9.17) is 26.2 Å². The van der Waals surface area contributed by atoms with Crippen LogP contribution in [0.1, 0.15) is 31.8 Å². The minimum Gasteiger partial charge on any atom is -0.456 e. The maximum Gasteiger partial charge on any atom is 0.164 e. The lowest BCUT2D eigenvalue weighted by Crippen LogP contribution is -2.15. The normalized spacial score (nSPS) is 15.0. The minimum atomic E-state index is -0.474. The summed E-state index contributed by atoms with van der Waals surface area (Å²) in [6.07, 6.45) is 0. The molecule has 0 saturated carbocycles. The number of aromatic nitrogens is 3. The van der Waals surface area contributed by atoms with Gasteiger partial charge in [0.25, 0.3) is 0 Å². The van der Waals surface area contributed by atoms with Crippen molar-refractivity contribution in [3.05, 3.63) is 138 Å². The van der Waals surface area contributed by atoms with Crippen LogP contribution in [0.2, 0.25) is 0 Å². The fraction of sp³-hybridized carbons (Fsp3) is 0.0750. The molecule has 9 rings (SSSR count). The predicted molar refractivity (Wildman–Crippen MR) is 178 cm³/mol. The molecule has 1 aliphatic rings. The van der Waals surface area contributed by atoms with Crippen molar-refractivity contribution in [1.82, 2.24) is 15.0 Å². The minimum absolute atomic E-state index is 0.00295. The Morgan fingerprint density at radius 1 is 0.545 bits per heavy atom. The van der Waals surface area contributed by atoms with Gasteiger partial charge in [-0.25, -0.2) is 15.0 Å². The van der Waals surface area contributed by atoms with Gasteiger partial charge < -0.3 is 4.42 Å². The highest BCUT2D eigenvalue weighted by Gasteiger charge is 2.35. The first kappa shape index (κ1) is 20.3. The third kappa shape index (κ3) is 3.74. The highest BCUT2D eigenvalue weighted by molar-refractivity contribution is 6.10. The summed E-state index contributed by atoms with van der Waals surface area (Å²) in [5.74, 6) is 0.652. The SMILES string of the molecule is [2H]c1c([2H])c([2H])c(-c2nc(-c3ccc4c(c3)C(C)(C)c3ccccc3-4)nc(-c3ccc4oc5cc6ccccc6cc5c4c3)n2)c([2H])c1[2H]. The molecule has 44 heavy (non-hydrogen) atoms. The maximum absolute atomic E-state index is 8.71. The molecule has 2 aromatic heterocycles. The van der Waals surface area contributed by atoms with Gasteiger partial charge in [0, 0.05) is 32.9 Å². The molecule has 2 heterocycles. The molecule has 1 aliphatic carbocycles. The molecule has 0 amide bonds. The summed E-state index contributed by atoms with van der Waals surface area (Å²) in [6, 6.07) is 30.4. The van der Waals surface area contributed by atoms with E-state index in [1.165, 1.54) is 11.1 Å². The molecule has 0 spiro atoms. The largest absolute Gasteiger partial charge is 0.456 e. The predicted octanol–water partition coefficient (Wildman–Crippen LogP) is 10.2. The summed E-state index contributed by atoms with van der Waals surface area (Å²) in [7, 11) is 0. The van der Waals surface area contributed by atoms with Crippen molar-refractivity contribution in [3.63, 3.8) is 0 Å². The average Bonchev–Trinajstić information content (AvgIpc) is 3.59. The molecule has 0 saturated heterocycles. The number of nitrogens with zero attached hydrogens (tertiary/aromatic N) is 3. The molecule has 208 valence electrons. The summed E-state index contributed by atoms with van der Waals surface area (Å²) >= 11 is 0. The molecule has 0 fully saturated rings. The lowest BCUT2D eigenvalue weighted by Gasteiger charge is -2.21. The number of hydrogen-bond donors (Lipinski definition) is 0. The van der Waals surface area contributed by atoms with Gasteiger partial charge in [0.1, 0.15) is 11.2 Å². The van der Waals surface area contributed by atoms with E-state index < -0.39 is 18.1 Å². The van der Waals surface area contributed by atoms with Gasteiger partial charge in [-0.3, -0.25) is 0 Å². The van der Waals surface area contributed by atoms with Crippen molar-refractivity contribution >= 4 is 32.7 Å². The van der Waals surface area contributed by atoms with Gasteiger partial charge in [-0.1, -0.05) is 105 Å². The van der Waals surface area contributed by atoms with E-state index in [-0.39, 0.29) is 28.9 Å². The van der Waals surface area contributed by atoms with Gasteiger partial charge in [0.05, 0.1) is 6.85 Å². The van der Waals surface area contributed by atoms with Gasteiger partial charge in [-0.2, -0.15) is 0 Å². The van der Waals surface area contributed by atoms with Crippen molar-refractivity contribution in [1.29, 1.82) is 0 Å².